The highest BCUT2D eigenvalue weighted by Gasteiger charge is 2.25. The van der Waals surface area contributed by atoms with E-state index in [1.54, 1.807) is 85.2 Å². The Morgan fingerprint density at radius 2 is 1.03 bits per heavy atom. The first-order valence-corrected chi connectivity index (χ1v) is 22.2. The first kappa shape index (κ1) is 47.7. The van der Waals surface area contributed by atoms with Crippen LogP contribution in [0.5, 0.6) is 23.0 Å². The van der Waals surface area contributed by atoms with Gasteiger partial charge in [-0.2, -0.15) is 8.42 Å². The van der Waals surface area contributed by atoms with Crippen LogP contribution >= 0.6 is 23.2 Å². The molecule has 0 aliphatic heterocycles. The maximum Gasteiger partial charge on any atom is 0.319 e. The molecule has 0 unspecified atom stereocenters. The number of pyridine rings is 2. The smallest absolute Gasteiger partial charge is 0.319 e. The number of carbonyl (C=O) groups is 4. The molecule has 2 aliphatic carbocycles. The van der Waals surface area contributed by atoms with Crippen LogP contribution in [0.3, 0.4) is 0 Å². The zero-order valence-electron chi connectivity index (χ0n) is 34.3. The minimum atomic E-state index is -3.67. The molecule has 0 atom stereocenters. The number of halogens is 2. The lowest BCUT2D eigenvalue weighted by atomic mass is 10.0. The highest BCUT2D eigenvalue weighted by Crippen LogP contribution is 2.36. The van der Waals surface area contributed by atoms with E-state index in [4.69, 9.17) is 48.7 Å². The Bertz CT molecular complexity index is 2730. The van der Waals surface area contributed by atoms with Gasteiger partial charge in [-0.3, -0.25) is 24.1 Å². The maximum atomic E-state index is 11.9. The quantitative estimate of drug-likeness (QED) is 0.0584. The predicted molar refractivity (Wildman–Crippen MR) is 243 cm³/mol. The monoisotopic (exact) mass is 948 g/mol. The van der Waals surface area contributed by atoms with E-state index in [9.17, 15) is 37.8 Å². The number of benzene rings is 4. The number of aromatic nitrogens is 2. The Balaban J connectivity index is 0.000000195. The average molecular weight is 950 g/mol. The third-order valence-corrected chi connectivity index (χ3v) is 10.0. The molecular formula is C43H42Cl2N8O11S. The van der Waals surface area contributed by atoms with Gasteiger partial charge in [-0.25, -0.2) is 9.59 Å². The first-order valence-electron chi connectivity index (χ1n) is 19.6. The molecule has 2 aromatic heterocycles. The van der Waals surface area contributed by atoms with Gasteiger partial charge < -0.3 is 52.4 Å². The number of carbonyl (C=O) groups excluding carboxylic acids is 4. The number of anilines is 2. The molecule has 0 bridgehead atoms. The summed E-state index contributed by atoms with van der Waals surface area (Å²) in [6.45, 7) is -0.668. The van der Waals surface area contributed by atoms with Crippen molar-refractivity contribution in [2.45, 2.75) is 51.0 Å². The zero-order valence-corrected chi connectivity index (χ0v) is 36.6. The molecule has 8 rings (SSSR count). The number of nitrogens with zero attached hydrogens (tertiary/aromatic N) is 2. The SMILES string of the molecule is CS(=O)(=O)O.NC(=O)c1cc2c(Oc3ccc(NC(=O)NC4CC4)c(Cl)c3)ccnc2cc1CO.NC(=O)c1cc2c(Oc3ccc(NC(=O)NC4CC4)c(Cl)c3)ccnc2cc1CO. The summed E-state index contributed by atoms with van der Waals surface area (Å²) in [5.41, 5.74) is 14.0. The largest absolute Gasteiger partial charge is 0.457 e. The van der Waals surface area contributed by atoms with Crippen LogP contribution < -0.4 is 42.2 Å². The van der Waals surface area contributed by atoms with Crippen molar-refractivity contribution in [1.29, 1.82) is 0 Å². The molecule has 2 fully saturated rings. The summed E-state index contributed by atoms with van der Waals surface area (Å²) >= 11 is 12.6. The van der Waals surface area contributed by atoms with E-state index in [-0.39, 0.29) is 48.5 Å². The molecule has 0 radical (unpaired) electrons. The molecule has 0 spiro atoms. The Morgan fingerprint density at radius 1 is 0.662 bits per heavy atom. The lowest BCUT2D eigenvalue weighted by Gasteiger charge is -2.13. The van der Waals surface area contributed by atoms with Crippen LogP contribution in [0, 0.1) is 0 Å². The van der Waals surface area contributed by atoms with E-state index in [1.807, 2.05) is 0 Å². The minimum absolute atomic E-state index is 0.196. The summed E-state index contributed by atoms with van der Waals surface area (Å²) in [6, 6.07) is 19.3. The predicted octanol–water partition coefficient (Wildman–Crippen LogP) is 6.62. The van der Waals surface area contributed by atoms with Crippen molar-refractivity contribution in [1.82, 2.24) is 20.6 Å². The molecule has 11 N–H and O–H groups in total. The molecular weight excluding hydrogens is 907 g/mol. The van der Waals surface area contributed by atoms with Crippen LogP contribution in [0.2, 0.25) is 10.0 Å². The number of aliphatic hydroxyl groups is 2. The number of ether oxygens (including phenoxy) is 2. The van der Waals surface area contributed by atoms with Crippen LogP contribution in [0.4, 0.5) is 21.0 Å². The second kappa shape index (κ2) is 20.8. The van der Waals surface area contributed by atoms with E-state index in [1.165, 1.54) is 0 Å². The van der Waals surface area contributed by atoms with E-state index in [0.29, 0.717) is 83.6 Å². The van der Waals surface area contributed by atoms with Gasteiger partial charge in [0.25, 0.3) is 10.1 Å². The fourth-order valence-corrected chi connectivity index (χ4v) is 6.47. The number of urea groups is 2. The van der Waals surface area contributed by atoms with Gasteiger partial charge in [-0.1, -0.05) is 23.2 Å². The topological polar surface area (TPSA) is 308 Å². The molecule has 65 heavy (non-hydrogen) atoms. The summed E-state index contributed by atoms with van der Waals surface area (Å²) in [7, 11) is -3.67. The fourth-order valence-electron chi connectivity index (χ4n) is 6.04. The second-order valence-corrected chi connectivity index (χ2v) is 17.0. The van der Waals surface area contributed by atoms with E-state index in [2.05, 4.69) is 31.2 Å². The van der Waals surface area contributed by atoms with Gasteiger partial charge in [0, 0.05) is 58.5 Å². The van der Waals surface area contributed by atoms with E-state index >= 15 is 0 Å². The molecule has 0 saturated heterocycles. The lowest BCUT2D eigenvalue weighted by Crippen LogP contribution is -2.30. The highest BCUT2D eigenvalue weighted by atomic mass is 35.5. The van der Waals surface area contributed by atoms with Gasteiger partial charge in [-0.15, -0.1) is 0 Å². The van der Waals surface area contributed by atoms with Crippen molar-refractivity contribution >= 4 is 90.4 Å². The number of rotatable bonds is 12. The molecule has 340 valence electrons. The van der Waals surface area contributed by atoms with Crippen LogP contribution in [0.1, 0.15) is 57.5 Å². The van der Waals surface area contributed by atoms with Gasteiger partial charge in [-0.05, 0) is 97.5 Å². The number of primary amides is 2. The van der Waals surface area contributed by atoms with Gasteiger partial charge in [0.2, 0.25) is 11.8 Å². The zero-order chi connectivity index (χ0) is 47.0. The Morgan fingerprint density at radius 3 is 1.34 bits per heavy atom. The van der Waals surface area contributed by atoms with Gasteiger partial charge >= 0.3 is 12.1 Å². The third kappa shape index (κ3) is 13.6. The molecule has 2 aliphatic rings. The van der Waals surface area contributed by atoms with Crippen LogP contribution in [-0.2, 0) is 23.3 Å². The summed E-state index contributed by atoms with van der Waals surface area (Å²) in [5, 5.41) is 31.8. The molecule has 2 saturated carbocycles. The number of nitrogens with two attached hydrogens (primary N) is 2. The standard InChI is InChI=1S/2C21H19ClN4O4.CH4O3S/c2*22-16-8-13(3-4-17(16)26-21(29)25-12-1-2-12)30-19-5-6-24-18-7-11(10-27)14(20(23)28)9-15(18)19;1-5(2,3)4/h2*3-9,12,27H,1-2,10H2,(H2,23,28)(H2,25,26,29);1H3,(H,2,3,4). The number of fused-ring (bicyclic) bond motifs is 2. The number of amides is 6. The molecule has 6 aromatic rings. The number of hydrogen-bond acceptors (Lipinski definition) is 12. The Hall–Kier alpha value is -6.81. The number of aliphatic hydroxyl groups excluding tert-OH is 2. The van der Waals surface area contributed by atoms with Crippen molar-refractivity contribution in [3.05, 3.63) is 117 Å². The molecule has 4 aromatic carbocycles. The minimum Gasteiger partial charge on any atom is -0.457 e. The van der Waals surface area contributed by atoms with Crippen molar-refractivity contribution in [3.8, 4) is 23.0 Å². The van der Waals surface area contributed by atoms with Gasteiger partial charge in [0.05, 0.1) is 51.9 Å². The van der Waals surface area contributed by atoms with Crippen molar-refractivity contribution < 1.29 is 51.8 Å². The highest BCUT2D eigenvalue weighted by molar-refractivity contribution is 7.85. The van der Waals surface area contributed by atoms with Crippen LogP contribution in [-0.4, -0.2) is 75.4 Å². The summed E-state index contributed by atoms with van der Waals surface area (Å²) < 4.78 is 37.8. The summed E-state index contributed by atoms with van der Waals surface area (Å²) in [4.78, 5) is 55.8. The van der Waals surface area contributed by atoms with Crippen molar-refractivity contribution in [3.63, 3.8) is 0 Å². The van der Waals surface area contributed by atoms with Crippen LogP contribution in [0.15, 0.2) is 85.2 Å². The average Bonchev–Trinajstić information content (AvgIpc) is 4.20. The molecule has 6 amide bonds. The summed E-state index contributed by atoms with van der Waals surface area (Å²) in [6.07, 6.45) is 7.80. The van der Waals surface area contributed by atoms with Crippen molar-refractivity contribution in [2.24, 2.45) is 11.5 Å². The number of nitrogens with one attached hydrogen (secondary N) is 4. The molecule has 19 nitrogen and oxygen atoms in total. The first-order chi connectivity index (χ1) is 30.9. The van der Waals surface area contributed by atoms with E-state index in [0.717, 1.165) is 25.7 Å². The second-order valence-electron chi connectivity index (χ2n) is 14.7. The number of hydrogen-bond donors (Lipinski definition) is 9. The summed E-state index contributed by atoms with van der Waals surface area (Å²) in [5.74, 6) is 0.447. The van der Waals surface area contributed by atoms with Crippen molar-refractivity contribution in [2.75, 3.05) is 16.9 Å². The fraction of sp³-hybridized carbons (Fsp3) is 0.209. The van der Waals surface area contributed by atoms with E-state index < -0.39 is 21.9 Å². The maximum absolute atomic E-state index is 11.9. The Kier molecular flexibility index (Phi) is 15.2. The van der Waals surface area contributed by atoms with Gasteiger partial charge in [0.1, 0.15) is 23.0 Å². The Labute approximate surface area is 381 Å². The molecule has 2 heterocycles. The van der Waals surface area contributed by atoms with Crippen LogP contribution in [0.25, 0.3) is 21.8 Å². The molecule has 22 heteroatoms. The van der Waals surface area contributed by atoms with Gasteiger partial charge in [0.15, 0.2) is 0 Å². The normalized spacial score (nSPS) is 13.0. The lowest BCUT2D eigenvalue weighted by molar-refractivity contribution is 0.0989. The third-order valence-electron chi connectivity index (χ3n) is 9.38.